The largest absolute Gasteiger partial charge is 0.467 e. The smallest absolute Gasteiger partial charge is 0.268 e. The molecule has 18 heavy (non-hydrogen) atoms. The van der Waals surface area contributed by atoms with Crippen LogP contribution in [0.1, 0.15) is 35.4 Å². The van der Waals surface area contributed by atoms with Crippen molar-refractivity contribution in [2.45, 2.75) is 25.8 Å². The highest BCUT2D eigenvalue weighted by Crippen LogP contribution is 2.38. The van der Waals surface area contributed by atoms with Crippen LogP contribution in [0.5, 0.6) is 0 Å². The fourth-order valence-electron chi connectivity index (χ4n) is 3.35. The molecule has 98 valence electrons. The highest BCUT2D eigenvalue weighted by Gasteiger charge is 2.36. The van der Waals surface area contributed by atoms with Gasteiger partial charge >= 0.3 is 0 Å². The van der Waals surface area contributed by atoms with Gasteiger partial charge in [0.1, 0.15) is 12.0 Å². The minimum Gasteiger partial charge on any atom is -0.467 e. The quantitative estimate of drug-likeness (QED) is 0.478. The van der Waals surface area contributed by atoms with Crippen LogP contribution in [0.3, 0.4) is 0 Å². The lowest BCUT2D eigenvalue weighted by Gasteiger charge is -2.14. The van der Waals surface area contributed by atoms with Crippen LogP contribution in [0.2, 0.25) is 0 Å². The number of rotatable bonds is 3. The van der Waals surface area contributed by atoms with Crippen LogP contribution >= 0.6 is 0 Å². The highest BCUT2D eigenvalue weighted by atomic mass is 16.3. The summed E-state index contributed by atoms with van der Waals surface area (Å²) in [5.41, 5.74) is 2.60. The number of carbonyl (C=O) groups is 1. The molecule has 0 spiro atoms. The number of hydrogen-bond donors (Lipinski definition) is 2. The van der Waals surface area contributed by atoms with Crippen LogP contribution in [0.25, 0.3) is 0 Å². The molecule has 1 saturated carbocycles. The van der Waals surface area contributed by atoms with Crippen LogP contribution in [0.4, 0.5) is 0 Å². The van der Waals surface area contributed by atoms with Gasteiger partial charge in [0.25, 0.3) is 5.91 Å². The zero-order valence-electron chi connectivity index (χ0n) is 10.4. The van der Waals surface area contributed by atoms with Crippen molar-refractivity contribution < 1.29 is 9.21 Å². The number of furan rings is 1. The first-order chi connectivity index (χ1) is 8.76. The molecule has 2 heterocycles. The summed E-state index contributed by atoms with van der Waals surface area (Å²) in [5.74, 6) is 7.39. The lowest BCUT2D eigenvalue weighted by atomic mass is 10.0. The average molecular weight is 249 g/mol. The van der Waals surface area contributed by atoms with E-state index in [-0.39, 0.29) is 5.91 Å². The summed E-state index contributed by atoms with van der Waals surface area (Å²) < 4.78 is 5.41. The SMILES string of the molecule is NNC(=O)c1coc(CN2CC3CCCC3C2)c1. The van der Waals surface area contributed by atoms with Crippen LogP contribution in [0.15, 0.2) is 16.7 Å². The van der Waals surface area contributed by atoms with Gasteiger partial charge in [-0.15, -0.1) is 0 Å². The molecule has 2 aliphatic rings. The van der Waals surface area contributed by atoms with Crippen LogP contribution in [0, 0.1) is 11.8 Å². The fourth-order valence-corrected chi connectivity index (χ4v) is 3.35. The molecule has 1 saturated heterocycles. The molecule has 1 aliphatic carbocycles. The molecule has 0 bridgehead atoms. The molecule has 3 rings (SSSR count). The third kappa shape index (κ3) is 2.15. The number of likely N-dealkylation sites (tertiary alicyclic amines) is 1. The summed E-state index contributed by atoms with van der Waals surface area (Å²) >= 11 is 0. The molecule has 1 aliphatic heterocycles. The number of fused-ring (bicyclic) bond motifs is 1. The zero-order chi connectivity index (χ0) is 12.5. The second-order valence-corrected chi connectivity index (χ2v) is 5.42. The Balaban J connectivity index is 1.60. The second kappa shape index (κ2) is 4.74. The predicted molar refractivity (Wildman–Crippen MR) is 66.5 cm³/mol. The predicted octanol–water partition coefficient (Wildman–Crippen LogP) is 1.11. The van der Waals surface area contributed by atoms with E-state index in [1.807, 2.05) is 0 Å². The van der Waals surface area contributed by atoms with Crippen LogP contribution in [-0.4, -0.2) is 23.9 Å². The molecule has 5 heteroatoms. The van der Waals surface area contributed by atoms with Gasteiger partial charge in [-0.25, -0.2) is 5.84 Å². The maximum atomic E-state index is 11.3. The second-order valence-electron chi connectivity index (χ2n) is 5.42. The number of carbonyl (C=O) groups excluding carboxylic acids is 1. The van der Waals surface area contributed by atoms with E-state index in [1.165, 1.54) is 38.6 Å². The number of nitrogens with zero attached hydrogens (tertiary/aromatic N) is 1. The maximum absolute atomic E-state index is 11.3. The molecule has 0 aromatic carbocycles. The Morgan fingerprint density at radius 3 is 2.83 bits per heavy atom. The highest BCUT2D eigenvalue weighted by molar-refractivity contribution is 5.93. The van der Waals surface area contributed by atoms with Crippen molar-refractivity contribution in [3.63, 3.8) is 0 Å². The first-order valence-electron chi connectivity index (χ1n) is 6.57. The number of amides is 1. The van der Waals surface area contributed by atoms with Gasteiger partial charge in [0.15, 0.2) is 0 Å². The molecule has 2 fully saturated rings. The van der Waals surface area contributed by atoms with Gasteiger partial charge in [0.2, 0.25) is 0 Å². The molecule has 1 aromatic heterocycles. The first-order valence-corrected chi connectivity index (χ1v) is 6.57. The number of nitrogens with two attached hydrogens (primary N) is 1. The normalized spacial score (nSPS) is 27.4. The van der Waals surface area contributed by atoms with Crippen molar-refractivity contribution in [1.82, 2.24) is 10.3 Å². The van der Waals surface area contributed by atoms with Gasteiger partial charge in [0, 0.05) is 13.1 Å². The average Bonchev–Trinajstić information content (AvgIpc) is 3.03. The van der Waals surface area contributed by atoms with Crippen molar-refractivity contribution in [3.8, 4) is 0 Å². The van der Waals surface area contributed by atoms with Gasteiger partial charge in [-0.2, -0.15) is 0 Å². The molecule has 5 nitrogen and oxygen atoms in total. The topological polar surface area (TPSA) is 71.5 Å². The zero-order valence-corrected chi connectivity index (χ0v) is 10.4. The summed E-state index contributed by atoms with van der Waals surface area (Å²) in [6, 6.07) is 1.77. The third-order valence-corrected chi connectivity index (χ3v) is 4.23. The maximum Gasteiger partial charge on any atom is 0.268 e. The lowest BCUT2D eigenvalue weighted by molar-refractivity contribution is 0.0953. The van der Waals surface area contributed by atoms with Crippen molar-refractivity contribution in [3.05, 3.63) is 23.7 Å². The van der Waals surface area contributed by atoms with E-state index in [0.29, 0.717) is 5.56 Å². The van der Waals surface area contributed by atoms with E-state index in [9.17, 15) is 4.79 Å². The summed E-state index contributed by atoms with van der Waals surface area (Å²) in [7, 11) is 0. The number of hydrogen-bond acceptors (Lipinski definition) is 4. The Hall–Kier alpha value is -1.33. The molecule has 2 atom stereocenters. The molecule has 2 unspecified atom stereocenters. The Labute approximate surface area is 106 Å². The van der Waals surface area contributed by atoms with E-state index < -0.39 is 0 Å². The van der Waals surface area contributed by atoms with Gasteiger partial charge in [-0.3, -0.25) is 15.1 Å². The Kier molecular flexibility index (Phi) is 3.09. The lowest BCUT2D eigenvalue weighted by Crippen LogP contribution is -2.29. The minimum atomic E-state index is -0.303. The number of nitrogens with one attached hydrogen (secondary N) is 1. The van der Waals surface area contributed by atoms with Crippen LogP contribution in [-0.2, 0) is 6.54 Å². The molecular formula is C13H19N3O2. The fraction of sp³-hybridized carbons (Fsp3) is 0.615. The first kappa shape index (κ1) is 11.7. The monoisotopic (exact) mass is 249 g/mol. The standard InChI is InChI=1S/C13H19N3O2/c14-15-13(17)11-4-12(18-8-11)7-16-5-9-2-1-3-10(9)6-16/h4,8-10H,1-3,5-7,14H2,(H,15,17). The molecule has 1 amide bonds. The van der Waals surface area contributed by atoms with Gasteiger partial charge < -0.3 is 4.42 Å². The van der Waals surface area contributed by atoms with Crippen LogP contribution < -0.4 is 11.3 Å². The summed E-state index contributed by atoms with van der Waals surface area (Å²) in [5, 5.41) is 0. The molecule has 1 aromatic rings. The van der Waals surface area contributed by atoms with E-state index >= 15 is 0 Å². The van der Waals surface area contributed by atoms with E-state index in [0.717, 1.165) is 24.1 Å². The number of hydrazine groups is 1. The summed E-state index contributed by atoms with van der Waals surface area (Å²) in [6.45, 7) is 3.14. The summed E-state index contributed by atoms with van der Waals surface area (Å²) in [4.78, 5) is 13.7. The number of nitrogen functional groups attached to an aromatic ring is 1. The molecule has 0 radical (unpaired) electrons. The van der Waals surface area contributed by atoms with Gasteiger partial charge in [-0.05, 0) is 30.7 Å². The minimum absolute atomic E-state index is 0.303. The molecular weight excluding hydrogens is 230 g/mol. The van der Waals surface area contributed by atoms with Crippen molar-refractivity contribution >= 4 is 5.91 Å². The Bertz CT molecular complexity index is 431. The van der Waals surface area contributed by atoms with E-state index in [1.54, 1.807) is 6.07 Å². The van der Waals surface area contributed by atoms with E-state index in [4.69, 9.17) is 10.3 Å². The van der Waals surface area contributed by atoms with Crippen molar-refractivity contribution in [2.75, 3.05) is 13.1 Å². The third-order valence-electron chi connectivity index (χ3n) is 4.23. The van der Waals surface area contributed by atoms with Crippen molar-refractivity contribution in [1.29, 1.82) is 0 Å². The van der Waals surface area contributed by atoms with E-state index in [2.05, 4.69) is 10.3 Å². The van der Waals surface area contributed by atoms with Gasteiger partial charge in [-0.1, -0.05) is 6.42 Å². The summed E-state index contributed by atoms with van der Waals surface area (Å²) in [6.07, 6.45) is 5.61. The molecule has 3 N–H and O–H groups in total. The van der Waals surface area contributed by atoms with Gasteiger partial charge in [0.05, 0.1) is 12.1 Å². The van der Waals surface area contributed by atoms with Crippen molar-refractivity contribution in [2.24, 2.45) is 17.7 Å². The Morgan fingerprint density at radius 1 is 1.44 bits per heavy atom. The Morgan fingerprint density at radius 2 is 2.17 bits per heavy atom.